The molecule has 0 unspecified atom stereocenters. The van der Waals surface area contributed by atoms with E-state index in [1.807, 2.05) is 60.0 Å². The van der Waals surface area contributed by atoms with Gasteiger partial charge in [0.15, 0.2) is 0 Å². The van der Waals surface area contributed by atoms with Gasteiger partial charge in [0.05, 0.1) is 29.7 Å². The van der Waals surface area contributed by atoms with E-state index < -0.39 is 0 Å². The van der Waals surface area contributed by atoms with Gasteiger partial charge in [-0.3, -0.25) is 4.79 Å². The van der Waals surface area contributed by atoms with Crippen molar-refractivity contribution in [2.45, 2.75) is 13.0 Å². The first-order valence-corrected chi connectivity index (χ1v) is 8.86. The number of benzene rings is 2. The van der Waals surface area contributed by atoms with Crippen LogP contribution in [0.2, 0.25) is 0 Å². The van der Waals surface area contributed by atoms with Crippen molar-refractivity contribution in [3.8, 4) is 10.6 Å². The van der Waals surface area contributed by atoms with Gasteiger partial charge in [0.25, 0.3) is 0 Å². The average Bonchev–Trinajstić information content (AvgIpc) is 3.27. The van der Waals surface area contributed by atoms with Crippen LogP contribution in [0.3, 0.4) is 0 Å². The molecule has 0 atom stereocenters. The molecule has 0 radical (unpaired) electrons. The van der Waals surface area contributed by atoms with Gasteiger partial charge >= 0.3 is 0 Å². The summed E-state index contributed by atoms with van der Waals surface area (Å²) in [7, 11) is 0. The maximum Gasteiger partial charge on any atom is 0.226 e. The molecule has 4 rings (SSSR count). The predicted octanol–water partition coefficient (Wildman–Crippen LogP) is 3.55. The van der Waals surface area contributed by atoms with Crippen LogP contribution in [0.15, 0.2) is 60.0 Å². The van der Waals surface area contributed by atoms with Crippen LogP contribution in [0.25, 0.3) is 21.6 Å². The van der Waals surface area contributed by atoms with Crippen molar-refractivity contribution in [2.24, 2.45) is 0 Å². The van der Waals surface area contributed by atoms with Gasteiger partial charge in [-0.2, -0.15) is 0 Å². The Morgan fingerprint density at radius 2 is 1.84 bits per heavy atom. The van der Waals surface area contributed by atoms with Crippen molar-refractivity contribution in [3.05, 3.63) is 71.5 Å². The van der Waals surface area contributed by atoms with E-state index in [1.54, 1.807) is 11.3 Å². The summed E-state index contributed by atoms with van der Waals surface area (Å²) in [4.78, 5) is 24.4. The van der Waals surface area contributed by atoms with Gasteiger partial charge in [-0.15, -0.1) is 11.3 Å². The third-order valence-electron chi connectivity index (χ3n) is 3.81. The molecular formula is C19H16N4OS. The zero-order valence-corrected chi connectivity index (χ0v) is 14.2. The zero-order chi connectivity index (χ0) is 17.1. The second-order valence-electron chi connectivity index (χ2n) is 5.66. The summed E-state index contributed by atoms with van der Waals surface area (Å²) in [5.74, 6) is 0.683. The van der Waals surface area contributed by atoms with Crippen LogP contribution < -0.4 is 5.32 Å². The van der Waals surface area contributed by atoms with E-state index in [9.17, 15) is 4.79 Å². The molecule has 2 N–H and O–H groups in total. The van der Waals surface area contributed by atoms with Gasteiger partial charge in [0.1, 0.15) is 10.8 Å². The molecule has 2 heterocycles. The van der Waals surface area contributed by atoms with Crippen LogP contribution >= 0.6 is 11.3 Å². The Kier molecular flexibility index (Phi) is 4.26. The van der Waals surface area contributed by atoms with Crippen molar-refractivity contribution in [1.29, 1.82) is 0 Å². The Balaban J connectivity index is 1.37. The highest BCUT2D eigenvalue weighted by Crippen LogP contribution is 2.23. The summed E-state index contributed by atoms with van der Waals surface area (Å²) in [6.07, 6.45) is 0.267. The summed E-state index contributed by atoms with van der Waals surface area (Å²) >= 11 is 1.55. The Morgan fingerprint density at radius 3 is 2.68 bits per heavy atom. The minimum Gasteiger partial charge on any atom is -0.349 e. The fourth-order valence-electron chi connectivity index (χ4n) is 2.60. The molecule has 0 bridgehead atoms. The van der Waals surface area contributed by atoms with Gasteiger partial charge in [0, 0.05) is 10.9 Å². The third kappa shape index (κ3) is 3.59. The lowest BCUT2D eigenvalue weighted by Crippen LogP contribution is -2.25. The fraction of sp³-hybridized carbons (Fsp3) is 0.105. The number of hydrogen-bond acceptors (Lipinski definition) is 4. The Hall–Kier alpha value is -2.99. The lowest BCUT2D eigenvalue weighted by Gasteiger charge is -2.01. The molecule has 0 saturated carbocycles. The normalized spacial score (nSPS) is 10.9. The van der Waals surface area contributed by atoms with E-state index in [-0.39, 0.29) is 12.3 Å². The van der Waals surface area contributed by atoms with E-state index in [0.29, 0.717) is 6.54 Å². The van der Waals surface area contributed by atoms with E-state index in [2.05, 4.69) is 20.3 Å². The van der Waals surface area contributed by atoms with Crippen molar-refractivity contribution in [3.63, 3.8) is 0 Å². The van der Waals surface area contributed by atoms with Gasteiger partial charge in [-0.05, 0) is 12.1 Å². The van der Waals surface area contributed by atoms with Crippen LogP contribution in [0, 0.1) is 0 Å². The second kappa shape index (κ2) is 6.86. The van der Waals surface area contributed by atoms with E-state index >= 15 is 0 Å². The number of carbonyl (C=O) groups excluding carboxylic acids is 1. The third-order valence-corrected chi connectivity index (χ3v) is 4.75. The number of nitrogens with zero attached hydrogens (tertiary/aromatic N) is 2. The Bertz CT molecular complexity index is 973. The molecule has 2 aromatic heterocycles. The number of hydrogen-bond donors (Lipinski definition) is 2. The minimum atomic E-state index is -0.0645. The summed E-state index contributed by atoms with van der Waals surface area (Å²) in [5, 5.41) is 5.75. The van der Waals surface area contributed by atoms with Gasteiger partial charge in [-0.1, -0.05) is 42.5 Å². The number of imidazole rings is 1. The summed E-state index contributed by atoms with van der Waals surface area (Å²) in [6, 6.07) is 17.8. The first-order chi connectivity index (χ1) is 12.3. The number of rotatable bonds is 5. The molecule has 4 aromatic rings. The smallest absolute Gasteiger partial charge is 0.226 e. The molecule has 6 heteroatoms. The number of para-hydroxylation sites is 2. The fourth-order valence-corrected chi connectivity index (χ4v) is 3.43. The molecule has 1 amide bonds. The number of nitrogens with one attached hydrogen (secondary N) is 2. The van der Waals surface area contributed by atoms with Crippen molar-refractivity contribution < 1.29 is 4.79 Å². The molecule has 0 aliphatic carbocycles. The van der Waals surface area contributed by atoms with Gasteiger partial charge in [0.2, 0.25) is 5.91 Å². The number of H-pyrrole nitrogens is 1. The predicted molar refractivity (Wildman–Crippen MR) is 99.2 cm³/mol. The molecule has 2 aromatic carbocycles. The monoisotopic (exact) mass is 348 g/mol. The van der Waals surface area contributed by atoms with E-state index in [4.69, 9.17) is 0 Å². The molecular weight excluding hydrogens is 332 g/mol. The molecule has 124 valence electrons. The topological polar surface area (TPSA) is 70.7 Å². The average molecular weight is 348 g/mol. The number of amides is 1. The maximum absolute atomic E-state index is 12.2. The molecule has 0 spiro atoms. The van der Waals surface area contributed by atoms with Gasteiger partial charge in [-0.25, -0.2) is 9.97 Å². The molecule has 5 nitrogen and oxygen atoms in total. The second-order valence-corrected chi connectivity index (χ2v) is 6.52. The highest BCUT2D eigenvalue weighted by atomic mass is 32.1. The summed E-state index contributed by atoms with van der Waals surface area (Å²) in [6.45, 7) is 0.378. The lowest BCUT2D eigenvalue weighted by atomic mass is 10.2. The minimum absolute atomic E-state index is 0.0645. The van der Waals surface area contributed by atoms with Crippen LogP contribution in [0.4, 0.5) is 0 Å². The molecule has 0 saturated heterocycles. The highest BCUT2D eigenvalue weighted by Gasteiger charge is 2.10. The van der Waals surface area contributed by atoms with Gasteiger partial charge < -0.3 is 10.3 Å². The van der Waals surface area contributed by atoms with Crippen LogP contribution in [0.5, 0.6) is 0 Å². The largest absolute Gasteiger partial charge is 0.349 e. The molecule has 0 aliphatic heterocycles. The lowest BCUT2D eigenvalue weighted by molar-refractivity contribution is -0.120. The Labute approximate surface area is 148 Å². The molecule has 25 heavy (non-hydrogen) atoms. The summed E-state index contributed by atoms with van der Waals surface area (Å²) in [5.41, 5.74) is 3.73. The number of carbonyl (C=O) groups is 1. The quantitative estimate of drug-likeness (QED) is 0.579. The van der Waals surface area contributed by atoms with Crippen LogP contribution in [-0.2, 0) is 17.8 Å². The molecule has 0 aliphatic rings. The summed E-state index contributed by atoms with van der Waals surface area (Å²) < 4.78 is 0. The number of aromatic amines is 1. The SMILES string of the molecule is O=C(Cc1csc(-c2ccccc2)n1)NCc1nc2ccccc2[nH]1. The van der Waals surface area contributed by atoms with E-state index in [1.165, 1.54) is 0 Å². The maximum atomic E-state index is 12.2. The highest BCUT2D eigenvalue weighted by molar-refractivity contribution is 7.13. The van der Waals surface area contributed by atoms with E-state index in [0.717, 1.165) is 33.1 Å². The van der Waals surface area contributed by atoms with Crippen molar-refractivity contribution >= 4 is 28.3 Å². The van der Waals surface area contributed by atoms with Crippen LogP contribution in [0.1, 0.15) is 11.5 Å². The van der Waals surface area contributed by atoms with Crippen LogP contribution in [-0.4, -0.2) is 20.9 Å². The first-order valence-electron chi connectivity index (χ1n) is 7.98. The van der Waals surface area contributed by atoms with Crippen molar-refractivity contribution in [2.75, 3.05) is 0 Å². The first kappa shape index (κ1) is 15.5. The standard InChI is InChI=1S/C19H16N4OS/c24-18(20-11-17-22-15-8-4-5-9-16(15)23-17)10-14-12-25-19(21-14)13-6-2-1-3-7-13/h1-9,12H,10-11H2,(H,20,24)(H,22,23). The number of thiazole rings is 1. The zero-order valence-electron chi connectivity index (χ0n) is 13.4. The molecule has 0 fully saturated rings. The Morgan fingerprint density at radius 1 is 1.04 bits per heavy atom. The number of fused-ring (bicyclic) bond motifs is 1. The number of aromatic nitrogens is 3. The van der Waals surface area contributed by atoms with Crippen molar-refractivity contribution in [1.82, 2.24) is 20.3 Å².